The molecule has 156 valence electrons. The van der Waals surface area contributed by atoms with Crippen molar-refractivity contribution in [2.45, 2.75) is 12.0 Å². The number of amides is 2. The fraction of sp³-hybridized carbons (Fsp3) is 0.182. The molecule has 0 saturated carbocycles. The average molecular weight is 417 g/mol. The summed E-state index contributed by atoms with van der Waals surface area (Å²) in [4.78, 5) is 25.6. The Kier molecular flexibility index (Phi) is 4.16. The highest BCUT2D eigenvalue weighted by Crippen LogP contribution is 2.34. The van der Waals surface area contributed by atoms with Gasteiger partial charge in [-0.2, -0.15) is 5.10 Å². The molecule has 3 heterocycles. The zero-order chi connectivity index (χ0) is 21.8. The Morgan fingerprint density at radius 1 is 1.19 bits per heavy atom. The molecule has 2 amide bonds. The molecule has 0 radical (unpaired) electrons. The lowest BCUT2D eigenvalue weighted by molar-refractivity contribution is -0.143. The molecule has 5 rings (SSSR count). The Morgan fingerprint density at radius 3 is 2.74 bits per heavy atom. The second kappa shape index (κ2) is 6.78. The lowest BCUT2D eigenvalue weighted by Gasteiger charge is -2.16. The van der Waals surface area contributed by atoms with Gasteiger partial charge in [-0.3, -0.25) is 9.59 Å². The van der Waals surface area contributed by atoms with Crippen molar-refractivity contribution in [3.05, 3.63) is 66.0 Å². The van der Waals surface area contributed by atoms with Crippen molar-refractivity contribution in [2.75, 3.05) is 13.6 Å². The second-order valence-electron chi connectivity index (χ2n) is 7.61. The van der Waals surface area contributed by atoms with Crippen LogP contribution in [0.5, 0.6) is 0 Å². The van der Waals surface area contributed by atoms with Gasteiger partial charge in [-0.1, -0.05) is 35.5 Å². The fourth-order valence-electron chi connectivity index (χ4n) is 3.93. The monoisotopic (exact) mass is 417 g/mol. The van der Waals surface area contributed by atoms with E-state index in [9.17, 15) is 14.7 Å². The van der Waals surface area contributed by atoms with Gasteiger partial charge in [0.1, 0.15) is 5.69 Å². The van der Waals surface area contributed by atoms with Gasteiger partial charge in [-0.25, -0.2) is 4.68 Å². The highest BCUT2D eigenvalue weighted by atomic mass is 16.5. The maximum atomic E-state index is 12.3. The van der Waals surface area contributed by atoms with Crippen LogP contribution >= 0.6 is 0 Å². The molecule has 0 unspecified atom stereocenters. The van der Waals surface area contributed by atoms with Gasteiger partial charge in [0, 0.05) is 37.0 Å². The molecular formula is C22H19N5O4. The normalized spacial score (nSPS) is 18.8. The van der Waals surface area contributed by atoms with Gasteiger partial charge in [-0.05, 0) is 18.2 Å². The number of rotatable bonds is 4. The number of carbonyl (C=O) groups excluding carboxylic acids is 2. The van der Waals surface area contributed by atoms with Crippen LogP contribution < -0.4 is 5.73 Å². The third kappa shape index (κ3) is 2.89. The number of hydrogen-bond donors (Lipinski definition) is 2. The number of nitrogens with zero attached hydrogens (tertiary/aromatic N) is 4. The first-order valence-electron chi connectivity index (χ1n) is 9.72. The van der Waals surface area contributed by atoms with Crippen LogP contribution in [0.15, 0.2) is 59.1 Å². The van der Waals surface area contributed by atoms with Crippen LogP contribution in [0.3, 0.4) is 0 Å². The number of aliphatic hydroxyl groups is 1. The Balaban J connectivity index is 1.56. The smallest absolute Gasteiger partial charge is 0.269 e. The summed E-state index contributed by atoms with van der Waals surface area (Å²) >= 11 is 0. The van der Waals surface area contributed by atoms with Gasteiger partial charge in [0.2, 0.25) is 0 Å². The zero-order valence-electron chi connectivity index (χ0n) is 16.6. The van der Waals surface area contributed by atoms with Crippen molar-refractivity contribution in [3.8, 4) is 17.0 Å². The van der Waals surface area contributed by atoms with Crippen molar-refractivity contribution >= 4 is 22.7 Å². The molecule has 0 bridgehead atoms. The minimum Gasteiger partial charge on any atom is -0.374 e. The van der Waals surface area contributed by atoms with Gasteiger partial charge in [0.25, 0.3) is 11.8 Å². The van der Waals surface area contributed by atoms with E-state index in [1.54, 1.807) is 23.9 Å². The van der Waals surface area contributed by atoms with Gasteiger partial charge in [0.05, 0.1) is 11.2 Å². The highest BCUT2D eigenvalue weighted by Gasteiger charge is 2.47. The summed E-state index contributed by atoms with van der Waals surface area (Å²) in [6, 6.07) is 16.2. The minimum atomic E-state index is -1.68. The zero-order valence-corrected chi connectivity index (χ0v) is 16.6. The number of aromatic nitrogens is 3. The third-order valence-corrected chi connectivity index (χ3v) is 5.64. The van der Waals surface area contributed by atoms with E-state index < -0.39 is 17.4 Å². The van der Waals surface area contributed by atoms with Crippen LogP contribution in [0, 0.1) is 0 Å². The Hall–Kier alpha value is -3.98. The molecule has 1 aliphatic heterocycles. The van der Waals surface area contributed by atoms with E-state index in [-0.39, 0.29) is 17.8 Å². The number of para-hydroxylation sites is 1. The van der Waals surface area contributed by atoms with Crippen LogP contribution in [0.2, 0.25) is 0 Å². The van der Waals surface area contributed by atoms with Crippen molar-refractivity contribution in [1.82, 2.24) is 19.8 Å². The maximum Gasteiger partial charge on any atom is 0.269 e. The Bertz CT molecular complexity index is 1340. The first-order valence-corrected chi connectivity index (χ1v) is 9.72. The van der Waals surface area contributed by atoms with Gasteiger partial charge in [0.15, 0.2) is 17.1 Å². The van der Waals surface area contributed by atoms with E-state index in [1.165, 1.54) is 4.90 Å². The number of carbonyl (C=O) groups is 2. The van der Waals surface area contributed by atoms with E-state index in [1.807, 2.05) is 42.5 Å². The van der Waals surface area contributed by atoms with Crippen LogP contribution in [-0.4, -0.2) is 50.4 Å². The van der Waals surface area contributed by atoms with Gasteiger partial charge in [-0.15, -0.1) is 0 Å². The molecule has 3 N–H and O–H groups in total. The molecule has 1 aliphatic rings. The van der Waals surface area contributed by atoms with E-state index in [2.05, 4.69) is 10.3 Å². The van der Waals surface area contributed by atoms with Crippen molar-refractivity contribution in [3.63, 3.8) is 0 Å². The predicted octanol–water partition coefficient (Wildman–Crippen LogP) is 1.83. The van der Waals surface area contributed by atoms with Crippen LogP contribution in [-0.2, 0) is 10.4 Å². The van der Waals surface area contributed by atoms with Gasteiger partial charge < -0.3 is 20.3 Å². The van der Waals surface area contributed by atoms with Crippen molar-refractivity contribution in [2.24, 2.45) is 5.73 Å². The fourth-order valence-corrected chi connectivity index (χ4v) is 3.93. The molecule has 31 heavy (non-hydrogen) atoms. The molecule has 2 aromatic heterocycles. The molecule has 1 fully saturated rings. The number of hydrogen-bond acceptors (Lipinski definition) is 6. The van der Waals surface area contributed by atoms with E-state index in [0.29, 0.717) is 28.9 Å². The number of nitrogens with two attached hydrogens (primary N) is 1. The number of benzene rings is 2. The number of fused-ring (bicyclic) bond motifs is 1. The summed E-state index contributed by atoms with van der Waals surface area (Å²) < 4.78 is 7.09. The minimum absolute atomic E-state index is 0.183. The maximum absolute atomic E-state index is 12.3. The lowest BCUT2D eigenvalue weighted by atomic mass is 9.97. The Morgan fingerprint density at radius 2 is 2.00 bits per heavy atom. The summed E-state index contributed by atoms with van der Waals surface area (Å²) in [5.41, 5.74) is 6.30. The quantitative estimate of drug-likeness (QED) is 0.521. The summed E-state index contributed by atoms with van der Waals surface area (Å²) in [6.45, 7) is 0.446. The molecule has 9 heteroatoms. The molecular weight excluding hydrogens is 398 g/mol. The predicted molar refractivity (Wildman–Crippen MR) is 111 cm³/mol. The second-order valence-corrected chi connectivity index (χ2v) is 7.61. The average Bonchev–Trinajstić information content (AvgIpc) is 3.48. The number of likely N-dealkylation sites (tertiary alicyclic amines) is 1. The van der Waals surface area contributed by atoms with Gasteiger partial charge >= 0.3 is 0 Å². The SMILES string of the molecule is CN1CC[C@@](O)(c2cc(-c3cccc(-n4nc(C(N)=O)c5ccccc54)c3)on2)C1=O. The largest absolute Gasteiger partial charge is 0.374 e. The number of primary amides is 1. The lowest BCUT2D eigenvalue weighted by Crippen LogP contribution is -2.36. The molecule has 2 aromatic carbocycles. The molecule has 9 nitrogen and oxygen atoms in total. The topological polar surface area (TPSA) is 127 Å². The Labute approximate surface area is 176 Å². The highest BCUT2D eigenvalue weighted by molar-refractivity contribution is 6.04. The molecule has 0 spiro atoms. The van der Waals surface area contributed by atoms with E-state index >= 15 is 0 Å². The first-order chi connectivity index (χ1) is 14.9. The van der Waals surface area contributed by atoms with Crippen molar-refractivity contribution in [1.29, 1.82) is 0 Å². The van der Waals surface area contributed by atoms with Crippen LogP contribution in [0.4, 0.5) is 0 Å². The summed E-state index contributed by atoms with van der Waals surface area (Å²) in [7, 11) is 1.64. The summed E-state index contributed by atoms with van der Waals surface area (Å²) in [5, 5.41) is 19.8. The number of likely N-dealkylation sites (N-methyl/N-ethyl adjacent to an activating group) is 1. The van der Waals surface area contributed by atoms with Crippen LogP contribution in [0.1, 0.15) is 22.6 Å². The standard InChI is InChI=1S/C22H19N5O4/c1-26-10-9-22(30,21(26)29)18-12-17(31-25-18)13-5-4-6-14(11-13)27-16-8-3-2-7-15(16)19(24-27)20(23)28/h2-8,11-12,30H,9-10H2,1H3,(H2,23,28)/t22-/m1/s1. The molecule has 4 aromatic rings. The van der Waals surface area contributed by atoms with Crippen molar-refractivity contribution < 1.29 is 19.2 Å². The third-order valence-electron chi connectivity index (χ3n) is 5.64. The van der Waals surface area contributed by atoms with E-state index in [4.69, 9.17) is 10.3 Å². The summed E-state index contributed by atoms with van der Waals surface area (Å²) in [6.07, 6.45) is 0.253. The molecule has 1 saturated heterocycles. The summed E-state index contributed by atoms with van der Waals surface area (Å²) in [5.74, 6) is -0.604. The van der Waals surface area contributed by atoms with Crippen LogP contribution in [0.25, 0.3) is 27.9 Å². The molecule has 0 aliphatic carbocycles. The first kappa shape index (κ1) is 19.0. The van der Waals surface area contributed by atoms with E-state index in [0.717, 1.165) is 5.52 Å². The molecule has 1 atom stereocenters.